The Labute approximate surface area is 228 Å². The summed E-state index contributed by atoms with van der Waals surface area (Å²) in [5, 5.41) is 9.26. The van der Waals surface area contributed by atoms with E-state index in [4.69, 9.17) is 0 Å². The van der Waals surface area contributed by atoms with Crippen LogP contribution in [0.1, 0.15) is 125 Å². The number of rotatable bonds is 17. The number of hydrogen-bond donors (Lipinski definition) is 3. The van der Waals surface area contributed by atoms with Crippen LogP contribution in [0.25, 0.3) is 0 Å². The van der Waals surface area contributed by atoms with Crippen molar-refractivity contribution >= 4 is 12.3 Å². The highest BCUT2D eigenvalue weighted by molar-refractivity contribution is 5.76. The minimum Gasteiger partial charge on any atom is -0.358 e. The summed E-state index contributed by atoms with van der Waals surface area (Å²) >= 11 is 0. The maximum Gasteiger partial charge on any atom is 0.221 e. The van der Waals surface area contributed by atoms with Crippen LogP contribution in [0.3, 0.4) is 0 Å². The molecule has 0 bridgehead atoms. The van der Waals surface area contributed by atoms with Gasteiger partial charge in [-0.25, -0.2) is 0 Å². The summed E-state index contributed by atoms with van der Waals surface area (Å²) in [5.74, 6) is 2.49. The topological polar surface area (TPSA) is 70.2 Å². The summed E-state index contributed by atoms with van der Waals surface area (Å²) < 4.78 is 0. The van der Waals surface area contributed by atoms with Crippen LogP contribution in [0.2, 0.25) is 0 Å². The van der Waals surface area contributed by atoms with Crippen LogP contribution < -0.4 is 16.0 Å². The molecular weight excluding hydrogens is 458 g/mol. The van der Waals surface area contributed by atoms with Crippen molar-refractivity contribution in [2.45, 2.75) is 131 Å². The molecule has 3 N–H and O–H groups in total. The molecule has 2 amide bonds. The Morgan fingerprint density at radius 1 is 1.05 bits per heavy atom. The van der Waals surface area contributed by atoms with Crippen LogP contribution >= 0.6 is 0 Å². The van der Waals surface area contributed by atoms with Crippen LogP contribution in [0.5, 0.6) is 0 Å². The lowest BCUT2D eigenvalue weighted by molar-refractivity contribution is -0.121. The monoisotopic (exact) mass is 517 g/mol. The minimum atomic E-state index is 0.00332. The van der Waals surface area contributed by atoms with E-state index in [1.807, 2.05) is 0 Å². The predicted molar refractivity (Wildman–Crippen MR) is 156 cm³/mol. The molecule has 5 nitrogen and oxygen atoms in total. The fourth-order valence-corrected chi connectivity index (χ4v) is 7.70. The summed E-state index contributed by atoms with van der Waals surface area (Å²) in [7, 11) is 0. The Balaban J connectivity index is 1.83. The molecule has 0 aromatic heterocycles. The van der Waals surface area contributed by atoms with E-state index < -0.39 is 0 Å². The van der Waals surface area contributed by atoms with E-state index in [0.29, 0.717) is 42.8 Å². The Kier molecular flexibility index (Phi) is 13.7. The first-order valence-electron chi connectivity index (χ1n) is 15.5. The lowest BCUT2D eigenvalue weighted by Crippen LogP contribution is -2.44. The van der Waals surface area contributed by atoms with Gasteiger partial charge in [0.05, 0.1) is 0 Å². The first-order valence-corrected chi connectivity index (χ1v) is 15.5. The van der Waals surface area contributed by atoms with Crippen molar-refractivity contribution in [1.82, 2.24) is 16.0 Å². The summed E-state index contributed by atoms with van der Waals surface area (Å²) in [6.07, 6.45) is 19.2. The number of carbonyl (C=O) groups excluding carboxylic acids is 2. The van der Waals surface area contributed by atoms with Gasteiger partial charge in [-0.15, -0.1) is 0 Å². The number of nitrogens with one attached hydrogen (secondary N) is 3. The third-order valence-electron chi connectivity index (χ3n) is 9.94. The maximum atomic E-state index is 11.8. The fourth-order valence-electron chi connectivity index (χ4n) is 7.70. The van der Waals surface area contributed by atoms with Gasteiger partial charge in [0.15, 0.2) is 0 Å². The minimum absolute atomic E-state index is 0.00332. The SMILES string of the molecule is CC=C1CC(NCCCNC(=O)CCNC=O)CCC1(C)C1CCC(C)(CCCCCC(C)C)C1CC. The first kappa shape index (κ1) is 31.9. The van der Waals surface area contributed by atoms with E-state index in [1.165, 1.54) is 64.2 Å². The maximum absolute atomic E-state index is 11.8. The Morgan fingerprint density at radius 3 is 2.51 bits per heavy atom. The summed E-state index contributed by atoms with van der Waals surface area (Å²) in [4.78, 5) is 22.1. The highest BCUT2D eigenvalue weighted by atomic mass is 16.1. The van der Waals surface area contributed by atoms with Gasteiger partial charge in [-0.3, -0.25) is 9.59 Å². The molecule has 37 heavy (non-hydrogen) atoms. The van der Waals surface area contributed by atoms with E-state index >= 15 is 0 Å². The Morgan fingerprint density at radius 2 is 1.84 bits per heavy atom. The van der Waals surface area contributed by atoms with Crippen molar-refractivity contribution in [3.63, 3.8) is 0 Å². The van der Waals surface area contributed by atoms with Crippen molar-refractivity contribution in [1.29, 1.82) is 0 Å². The number of amides is 2. The smallest absolute Gasteiger partial charge is 0.221 e. The molecule has 5 heteroatoms. The number of unbranched alkanes of at least 4 members (excludes halogenated alkanes) is 2. The van der Waals surface area contributed by atoms with Gasteiger partial charge in [0.2, 0.25) is 12.3 Å². The molecule has 2 aliphatic carbocycles. The zero-order valence-electron chi connectivity index (χ0n) is 25.1. The molecule has 0 heterocycles. The van der Waals surface area contributed by atoms with E-state index in [1.54, 1.807) is 5.57 Å². The second-order valence-corrected chi connectivity index (χ2v) is 13.0. The molecule has 0 aliphatic heterocycles. The van der Waals surface area contributed by atoms with Gasteiger partial charge in [-0.05, 0) is 87.0 Å². The zero-order valence-corrected chi connectivity index (χ0v) is 25.1. The van der Waals surface area contributed by atoms with Gasteiger partial charge in [0.1, 0.15) is 0 Å². The molecule has 214 valence electrons. The molecule has 0 aromatic carbocycles. The van der Waals surface area contributed by atoms with E-state index in [2.05, 4.69) is 63.6 Å². The average molecular weight is 518 g/mol. The quantitative estimate of drug-likeness (QED) is 0.113. The summed E-state index contributed by atoms with van der Waals surface area (Å²) in [6, 6.07) is 0.542. The second kappa shape index (κ2) is 15.9. The van der Waals surface area contributed by atoms with Crippen LogP contribution in [0.4, 0.5) is 0 Å². The molecule has 5 atom stereocenters. The third kappa shape index (κ3) is 9.41. The molecular formula is C32H59N3O2. The van der Waals surface area contributed by atoms with Crippen molar-refractivity contribution in [3.8, 4) is 0 Å². The first-order chi connectivity index (χ1) is 17.7. The number of carbonyl (C=O) groups is 2. The summed E-state index contributed by atoms with van der Waals surface area (Å²) in [5.41, 5.74) is 2.53. The number of allylic oxidation sites excluding steroid dienone is 1. The molecule has 0 saturated heterocycles. The second-order valence-electron chi connectivity index (χ2n) is 13.0. The van der Waals surface area contributed by atoms with Crippen molar-refractivity contribution < 1.29 is 9.59 Å². The molecule has 0 radical (unpaired) electrons. The van der Waals surface area contributed by atoms with Gasteiger partial charge < -0.3 is 16.0 Å². The van der Waals surface area contributed by atoms with Crippen LogP contribution in [0.15, 0.2) is 11.6 Å². The fraction of sp³-hybridized carbons (Fsp3) is 0.875. The van der Waals surface area contributed by atoms with E-state index in [9.17, 15) is 9.59 Å². The van der Waals surface area contributed by atoms with E-state index in [0.717, 1.165) is 37.1 Å². The zero-order chi connectivity index (χ0) is 27.3. The molecule has 5 unspecified atom stereocenters. The van der Waals surface area contributed by atoms with Gasteiger partial charge in [0, 0.05) is 25.6 Å². The van der Waals surface area contributed by atoms with Gasteiger partial charge in [0.25, 0.3) is 0 Å². The molecule has 0 aromatic rings. The van der Waals surface area contributed by atoms with Crippen LogP contribution in [-0.2, 0) is 9.59 Å². The van der Waals surface area contributed by atoms with Gasteiger partial charge in [-0.2, -0.15) is 0 Å². The van der Waals surface area contributed by atoms with Crippen molar-refractivity contribution in [2.24, 2.45) is 28.6 Å². The van der Waals surface area contributed by atoms with Crippen LogP contribution in [-0.4, -0.2) is 38.0 Å². The molecule has 2 fully saturated rings. The molecule has 2 aliphatic rings. The highest BCUT2D eigenvalue weighted by Crippen LogP contribution is 2.61. The highest BCUT2D eigenvalue weighted by Gasteiger charge is 2.52. The standard InChI is InChI=1S/C32H59N3O2/c1-7-26-23-27(34-20-12-21-35-30(37)16-22-33-24-36)14-19-32(26,6)29-15-18-31(5,28(29)8-2)17-11-9-10-13-25(3)4/h7,24-25,27-29,34H,8-23H2,1-6H3,(H,33,36)(H,35,37). The van der Waals surface area contributed by atoms with Gasteiger partial charge in [-0.1, -0.05) is 78.4 Å². The van der Waals surface area contributed by atoms with Crippen LogP contribution in [0, 0.1) is 28.6 Å². The van der Waals surface area contributed by atoms with Crippen molar-refractivity contribution in [2.75, 3.05) is 19.6 Å². The van der Waals surface area contributed by atoms with Gasteiger partial charge >= 0.3 is 0 Å². The lowest BCUT2D eigenvalue weighted by atomic mass is 9.58. The predicted octanol–water partition coefficient (Wildman–Crippen LogP) is 6.77. The molecule has 2 saturated carbocycles. The lowest BCUT2D eigenvalue weighted by Gasteiger charge is -2.48. The van der Waals surface area contributed by atoms with E-state index in [-0.39, 0.29) is 5.91 Å². The normalized spacial score (nSPS) is 31.1. The number of hydrogen-bond acceptors (Lipinski definition) is 3. The Hall–Kier alpha value is -1.36. The third-order valence-corrected chi connectivity index (χ3v) is 9.94. The summed E-state index contributed by atoms with van der Waals surface area (Å²) in [6.45, 7) is 16.6. The average Bonchev–Trinajstić information content (AvgIpc) is 3.21. The van der Waals surface area contributed by atoms with Crippen molar-refractivity contribution in [3.05, 3.63) is 11.6 Å². The molecule has 2 rings (SSSR count). The largest absolute Gasteiger partial charge is 0.358 e. The Bertz CT molecular complexity index is 721. The molecule has 0 spiro atoms.